The van der Waals surface area contributed by atoms with Crippen molar-refractivity contribution < 1.29 is 9.21 Å². The third kappa shape index (κ3) is 4.53. The maximum atomic E-state index is 12.0. The van der Waals surface area contributed by atoms with Crippen LogP contribution < -0.4 is 5.32 Å². The first kappa shape index (κ1) is 17.3. The van der Waals surface area contributed by atoms with Crippen LogP contribution in [-0.2, 0) is 4.79 Å². The van der Waals surface area contributed by atoms with Gasteiger partial charge in [0.05, 0.1) is 0 Å². The lowest BCUT2D eigenvalue weighted by Crippen LogP contribution is -2.07. The predicted molar refractivity (Wildman–Crippen MR) is 103 cm³/mol. The van der Waals surface area contributed by atoms with Gasteiger partial charge in [0.15, 0.2) is 0 Å². The second kappa shape index (κ2) is 7.60. The van der Waals surface area contributed by atoms with Crippen LogP contribution in [-0.4, -0.2) is 5.91 Å². The number of aryl methyl sites for hydroxylation is 1. The Morgan fingerprint density at radius 3 is 2.68 bits per heavy atom. The van der Waals surface area contributed by atoms with E-state index < -0.39 is 0 Å². The molecule has 25 heavy (non-hydrogen) atoms. The number of amides is 1. The molecule has 3 rings (SSSR count). The van der Waals surface area contributed by atoms with Crippen LogP contribution in [0.25, 0.3) is 17.4 Å². The highest BCUT2D eigenvalue weighted by Crippen LogP contribution is 2.27. The zero-order chi connectivity index (χ0) is 17.8. The first-order chi connectivity index (χ1) is 12.0. The quantitative estimate of drug-likeness (QED) is 0.553. The predicted octanol–water partition coefficient (Wildman–Crippen LogP) is 6.21. The van der Waals surface area contributed by atoms with E-state index in [0.29, 0.717) is 27.3 Å². The average Bonchev–Trinajstić information content (AvgIpc) is 3.04. The van der Waals surface area contributed by atoms with Gasteiger partial charge in [0, 0.05) is 27.4 Å². The first-order valence-corrected chi connectivity index (χ1v) is 8.38. The Kier molecular flexibility index (Phi) is 5.27. The molecule has 0 saturated heterocycles. The molecule has 3 nitrogen and oxygen atoms in total. The fraction of sp³-hybridized carbons (Fsp3) is 0.0500. The molecule has 5 heteroatoms. The van der Waals surface area contributed by atoms with E-state index in [9.17, 15) is 4.79 Å². The standard InChI is InChI=1S/C20H15Cl2NO2/c1-13-5-6-14(11-18(13)22)19-9-7-17(25-19)8-10-20(24)23-16-4-2-3-15(21)12-16/h2-12H,1H3,(H,23,24). The van der Waals surface area contributed by atoms with Gasteiger partial charge in [-0.3, -0.25) is 4.79 Å². The van der Waals surface area contributed by atoms with Crippen LogP contribution in [0, 0.1) is 6.92 Å². The molecule has 3 aromatic rings. The van der Waals surface area contributed by atoms with Crippen molar-refractivity contribution >= 4 is 40.9 Å². The van der Waals surface area contributed by atoms with Gasteiger partial charge >= 0.3 is 0 Å². The summed E-state index contributed by atoms with van der Waals surface area (Å²) in [5, 5.41) is 3.99. The van der Waals surface area contributed by atoms with Crippen LogP contribution in [0.4, 0.5) is 5.69 Å². The van der Waals surface area contributed by atoms with Crippen molar-refractivity contribution in [1.82, 2.24) is 0 Å². The Bertz CT molecular complexity index is 944. The van der Waals surface area contributed by atoms with E-state index in [4.69, 9.17) is 27.6 Å². The number of hydrogen-bond donors (Lipinski definition) is 1. The van der Waals surface area contributed by atoms with Gasteiger partial charge in [-0.1, -0.05) is 41.4 Å². The molecule has 2 aromatic carbocycles. The van der Waals surface area contributed by atoms with Crippen molar-refractivity contribution in [3.63, 3.8) is 0 Å². The van der Waals surface area contributed by atoms with Gasteiger partial charge in [0.1, 0.15) is 11.5 Å². The third-order valence-corrected chi connectivity index (χ3v) is 4.22. The second-order valence-corrected chi connectivity index (χ2v) is 6.34. The maximum Gasteiger partial charge on any atom is 0.248 e. The molecule has 0 radical (unpaired) electrons. The zero-order valence-electron chi connectivity index (χ0n) is 13.4. The van der Waals surface area contributed by atoms with Gasteiger partial charge in [0.25, 0.3) is 0 Å². The smallest absolute Gasteiger partial charge is 0.248 e. The number of nitrogens with one attached hydrogen (secondary N) is 1. The minimum absolute atomic E-state index is 0.265. The van der Waals surface area contributed by atoms with Crippen molar-refractivity contribution in [3.8, 4) is 11.3 Å². The summed E-state index contributed by atoms with van der Waals surface area (Å²) >= 11 is 12.0. The molecular weight excluding hydrogens is 357 g/mol. The average molecular weight is 372 g/mol. The van der Waals surface area contributed by atoms with Crippen LogP contribution in [0.15, 0.2) is 65.1 Å². The van der Waals surface area contributed by atoms with E-state index in [1.54, 1.807) is 36.4 Å². The molecule has 0 bridgehead atoms. The molecule has 126 valence electrons. The van der Waals surface area contributed by atoms with Gasteiger partial charge in [0.2, 0.25) is 5.91 Å². The Hall–Kier alpha value is -2.49. The fourth-order valence-corrected chi connectivity index (χ4v) is 2.62. The molecule has 0 aliphatic heterocycles. The monoisotopic (exact) mass is 371 g/mol. The summed E-state index contributed by atoms with van der Waals surface area (Å²) in [4.78, 5) is 12.0. The van der Waals surface area contributed by atoms with Gasteiger partial charge in [-0.05, 0) is 55.0 Å². The van der Waals surface area contributed by atoms with Crippen LogP contribution in [0.5, 0.6) is 0 Å². The van der Waals surface area contributed by atoms with Gasteiger partial charge in [-0.2, -0.15) is 0 Å². The highest BCUT2D eigenvalue weighted by Gasteiger charge is 2.06. The van der Waals surface area contributed by atoms with Crippen molar-refractivity contribution in [2.45, 2.75) is 6.92 Å². The van der Waals surface area contributed by atoms with Gasteiger partial charge in [-0.15, -0.1) is 0 Å². The fourth-order valence-electron chi connectivity index (χ4n) is 2.25. The number of carbonyl (C=O) groups is 1. The molecule has 0 aliphatic rings. The molecule has 1 aromatic heterocycles. The lowest BCUT2D eigenvalue weighted by atomic mass is 10.1. The van der Waals surface area contributed by atoms with E-state index in [2.05, 4.69) is 5.32 Å². The normalized spacial score (nSPS) is 11.0. The Morgan fingerprint density at radius 1 is 1.08 bits per heavy atom. The summed E-state index contributed by atoms with van der Waals surface area (Å²) in [5.41, 5.74) is 2.53. The molecular formula is C20H15Cl2NO2. The van der Waals surface area contributed by atoms with Crippen LogP contribution in [0.2, 0.25) is 10.0 Å². The van der Waals surface area contributed by atoms with Crippen LogP contribution >= 0.6 is 23.2 Å². The van der Waals surface area contributed by atoms with Crippen molar-refractivity contribution in [1.29, 1.82) is 0 Å². The lowest BCUT2D eigenvalue weighted by molar-refractivity contribution is -0.111. The largest absolute Gasteiger partial charge is 0.457 e. The molecule has 0 atom stereocenters. The van der Waals surface area contributed by atoms with Crippen molar-refractivity contribution in [3.05, 3.63) is 82.0 Å². The van der Waals surface area contributed by atoms with Crippen LogP contribution in [0.1, 0.15) is 11.3 Å². The number of furan rings is 1. The SMILES string of the molecule is Cc1ccc(-c2ccc(C=CC(=O)Nc3cccc(Cl)c3)o2)cc1Cl. The number of halogens is 2. The lowest BCUT2D eigenvalue weighted by Gasteiger charge is -2.02. The molecule has 1 heterocycles. The summed E-state index contributed by atoms with van der Waals surface area (Å²) in [6.07, 6.45) is 3.02. The summed E-state index contributed by atoms with van der Waals surface area (Å²) in [7, 11) is 0. The summed E-state index contributed by atoms with van der Waals surface area (Å²) < 4.78 is 5.74. The third-order valence-electron chi connectivity index (χ3n) is 3.57. The van der Waals surface area contributed by atoms with E-state index in [1.807, 2.05) is 31.2 Å². The highest BCUT2D eigenvalue weighted by molar-refractivity contribution is 6.31. The van der Waals surface area contributed by atoms with Gasteiger partial charge < -0.3 is 9.73 Å². The van der Waals surface area contributed by atoms with E-state index in [0.717, 1.165) is 11.1 Å². The zero-order valence-corrected chi connectivity index (χ0v) is 14.9. The minimum Gasteiger partial charge on any atom is -0.457 e. The van der Waals surface area contributed by atoms with Crippen molar-refractivity contribution in [2.75, 3.05) is 5.32 Å². The first-order valence-electron chi connectivity index (χ1n) is 7.62. The summed E-state index contributed by atoms with van der Waals surface area (Å²) in [6, 6.07) is 16.3. The Labute approximate surface area is 155 Å². The highest BCUT2D eigenvalue weighted by atomic mass is 35.5. The molecule has 1 amide bonds. The molecule has 0 spiro atoms. The van der Waals surface area contributed by atoms with E-state index in [1.165, 1.54) is 6.08 Å². The topological polar surface area (TPSA) is 42.2 Å². The summed E-state index contributed by atoms with van der Waals surface area (Å²) in [5.74, 6) is 1.00. The minimum atomic E-state index is -0.265. The number of carbonyl (C=O) groups excluding carboxylic acids is 1. The molecule has 0 aliphatic carbocycles. The Morgan fingerprint density at radius 2 is 1.92 bits per heavy atom. The summed E-state index contributed by atoms with van der Waals surface area (Å²) in [6.45, 7) is 1.95. The van der Waals surface area contributed by atoms with Gasteiger partial charge in [-0.25, -0.2) is 0 Å². The number of anilines is 1. The van der Waals surface area contributed by atoms with E-state index >= 15 is 0 Å². The van der Waals surface area contributed by atoms with Crippen molar-refractivity contribution in [2.24, 2.45) is 0 Å². The number of rotatable bonds is 4. The second-order valence-electron chi connectivity index (χ2n) is 5.50. The molecule has 0 fully saturated rings. The Balaban J connectivity index is 1.69. The number of benzene rings is 2. The molecule has 1 N–H and O–H groups in total. The molecule has 0 unspecified atom stereocenters. The maximum absolute atomic E-state index is 12.0. The molecule has 0 saturated carbocycles. The van der Waals surface area contributed by atoms with Crippen LogP contribution in [0.3, 0.4) is 0 Å². The van der Waals surface area contributed by atoms with E-state index in [-0.39, 0.29) is 5.91 Å². The number of hydrogen-bond acceptors (Lipinski definition) is 2.